The molecule has 3 aromatic rings. The average molecular weight is 469 g/mol. The molecule has 0 fully saturated rings. The highest BCUT2D eigenvalue weighted by Crippen LogP contribution is 2.29. The number of aliphatic imine (C=N–C) groups is 1. The van der Waals surface area contributed by atoms with E-state index in [1.807, 2.05) is 18.2 Å². The zero-order valence-electron chi connectivity index (χ0n) is 16.3. The maximum atomic E-state index is 12.4. The summed E-state index contributed by atoms with van der Waals surface area (Å²) in [7, 11) is 0. The first kappa shape index (κ1) is 21.5. The predicted molar refractivity (Wildman–Crippen MR) is 121 cm³/mol. The van der Waals surface area contributed by atoms with Gasteiger partial charge in [-0.1, -0.05) is 53.5 Å². The molecule has 1 aliphatic heterocycles. The van der Waals surface area contributed by atoms with Crippen molar-refractivity contribution < 1.29 is 19.2 Å². The van der Waals surface area contributed by atoms with E-state index in [0.29, 0.717) is 16.3 Å². The zero-order valence-corrected chi connectivity index (χ0v) is 17.8. The molecule has 0 aromatic heterocycles. The van der Waals surface area contributed by atoms with Gasteiger partial charge < -0.3 is 9.47 Å². The molecule has 0 bridgehead atoms. The first-order chi connectivity index (χ1) is 15.4. The lowest BCUT2D eigenvalue weighted by Crippen LogP contribution is -2.06. The van der Waals surface area contributed by atoms with Crippen LogP contribution in [-0.4, -0.2) is 16.8 Å². The Hall–Kier alpha value is -3.68. The number of cyclic esters (lactones) is 1. The van der Waals surface area contributed by atoms with Crippen LogP contribution in [0.15, 0.2) is 77.4 Å². The van der Waals surface area contributed by atoms with Crippen LogP contribution in [0.5, 0.6) is 5.75 Å². The van der Waals surface area contributed by atoms with Gasteiger partial charge in [-0.25, -0.2) is 9.79 Å². The molecule has 3 aromatic carbocycles. The molecule has 7 nitrogen and oxygen atoms in total. The van der Waals surface area contributed by atoms with E-state index in [-0.39, 0.29) is 34.5 Å². The molecule has 0 saturated heterocycles. The fourth-order valence-corrected chi connectivity index (χ4v) is 3.38. The summed E-state index contributed by atoms with van der Waals surface area (Å²) in [4.78, 5) is 27.1. The van der Waals surface area contributed by atoms with Crippen molar-refractivity contribution in [2.75, 3.05) is 0 Å². The number of esters is 1. The van der Waals surface area contributed by atoms with Crippen LogP contribution >= 0.6 is 23.2 Å². The van der Waals surface area contributed by atoms with Gasteiger partial charge in [0.05, 0.1) is 4.92 Å². The lowest BCUT2D eigenvalue weighted by molar-refractivity contribution is -0.384. The summed E-state index contributed by atoms with van der Waals surface area (Å²) >= 11 is 11.9. The Labute approximate surface area is 192 Å². The van der Waals surface area contributed by atoms with Crippen LogP contribution in [-0.2, 0) is 16.1 Å². The lowest BCUT2D eigenvalue weighted by atomic mass is 10.1. The van der Waals surface area contributed by atoms with Gasteiger partial charge in [0.2, 0.25) is 5.90 Å². The second kappa shape index (κ2) is 9.21. The van der Waals surface area contributed by atoms with Crippen molar-refractivity contribution in [3.8, 4) is 5.75 Å². The van der Waals surface area contributed by atoms with E-state index in [0.717, 1.165) is 5.56 Å². The molecule has 0 atom stereocenters. The number of benzene rings is 3. The number of ether oxygens (including phenoxy) is 2. The van der Waals surface area contributed by atoms with Gasteiger partial charge in [-0.3, -0.25) is 10.1 Å². The van der Waals surface area contributed by atoms with Crippen LogP contribution in [0.25, 0.3) is 6.08 Å². The second-order valence-electron chi connectivity index (χ2n) is 6.72. The molecule has 32 heavy (non-hydrogen) atoms. The first-order valence-electron chi connectivity index (χ1n) is 9.34. The monoisotopic (exact) mass is 468 g/mol. The van der Waals surface area contributed by atoms with Gasteiger partial charge in [0.25, 0.3) is 5.69 Å². The molecule has 0 N–H and O–H groups in total. The summed E-state index contributed by atoms with van der Waals surface area (Å²) in [5.74, 6) is -0.181. The molecule has 1 heterocycles. The molecule has 0 spiro atoms. The maximum Gasteiger partial charge on any atom is 0.363 e. The van der Waals surface area contributed by atoms with Gasteiger partial charge >= 0.3 is 5.97 Å². The highest BCUT2D eigenvalue weighted by molar-refractivity contribution is 6.32. The number of rotatable bonds is 6. The summed E-state index contributed by atoms with van der Waals surface area (Å²) in [6.07, 6.45) is 1.53. The first-order valence-corrected chi connectivity index (χ1v) is 10.1. The van der Waals surface area contributed by atoms with E-state index in [4.69, 9.17) is 32.7 Å². The Morgan fingerprint density at radius 2 is 1.88 bits per heavy atom. The predicted octanol–water partition coefficient (Wildman–Crippen LogP) is 5.83. The van der Waals surface area contributed by atoms with E-state index in [1.165, 1.54) is 24.3 Å². The molecule has 0 amide bonds. The summed E-state index contributed by atoms with van der Waals surface area (Å²) in [5.41, 5.74) is 1.51. The Bertz CT molecular complexity index is 1290. The molecule has 160 valence electrons. The van der Waals surface area contributed by atoms with Crippen molar-refractivity contribution in [1.82, 2.24) is 0 Å². The SMILES string of the molecule is O=C1OC(c2ccc(Cl)c([N+](=O)[O-])c2)=N/C1=C\c1ccccc1OCc1cccc(Cl)c1. The molecule has 0 radical (unpaired) electrons. The van der Waals surface area contributed by atoms with Crippen LogP contribution in [0.4, 0.5) is 5.69 Å². The van der Waals surface area contributed by atoms with E-state index in [2.05, 4.69) is 4.99 Å². The van der Waals surface area contributed by atoms with Crippen LogP contribution in [0.1, 0.15) is 16.7 Å². The van der Waals surface area contributed by atoms with Crippen LogP contribution in [0.3, 0.4) is 0 Å². The number of hydrogen-bond acceptors (Lipinski definition) is 6. The molecule has 9 heteroatoms. The number of hydrogen-bond donors (Lipinski definition) is 0. The quantitative estimate of drug-likeness (QED) is 0.196. The Balaban J connectivity index is 1.60. The minimum Gasteiger partial charge on any atom is -0.488 e. The molecule has 0 saturated carbocycles. The average Bonchev–Trinajstić information content (AvgIpc) is 3.13. The molecule has 0 unspecified atom stereocenters. The number of nitro benzene ring substituents is 1. The molecular weight excluding hydrogens is 455 g/mol. The molecular formula is C23H14Cl2N2O5. The topological polar surface area (TPSA) is 91.0 Å². The number of nitrogens with zero attached hydrogens (tertiary/aromatic N) is 2. The van der Waals surface area contributed by atoms with Gasteiger partial charge in [-0.2, -0.15) is 0 Å². The van der Waals surface area contributed by atoms with Gasteiger partial charge in [0.15, 0.2) is 5.70 Å². The Morgan fingerprint density at radius 3 is 2.66 bits per heavy atom. The van der Waals surface area contributed by atoms with Gasteiger partial charge in [0, 0.05) is 22.2 Å². The van der Waals surface area contributed by atoms with E-state index < -0.39 is 10.9 Å². The summed E-state index contributed by atoms with van der Waals surface area (Å²) < 4.78 is 11.1. The van der Waals surface area contributed by atoms with Crippen molar-refractivity contribution in [3.05, 3.63) is 109 Å². The van der Waals surface area contributed by atoms with Crippen LogP contribution < -0.4 is 4.74 Å². The highest BCUT2D eigenvalue weighted by atomic mass is 35.5. The molecule has 4 rings (SSSR count). The van der Waals surface area contributed by atoms with Gasteiger partial charge in [0.1, 0.15) is 17.4 Å². The molecule has 0 aliphatic carbocycles. The Morgan fingerprint density at radius 1 is 1.06 bits per heavy atom. The standard InChI is InChI=1S/C23H14Cl2N2O5/c24-17-6-3-4-14(10-17)13-31-21-7-2-1-5-15(21)11-19-23(28)32-22(26-19)16-8-9-18(25)20(12-16)27(29)30/h1-12H,13H2/b19-11-. The van der Waals surface area contributed by atoms with Gasteiger partial charge in [-0.05, 0) is 42.0 Å². The zero-order chi connectivity index (χ0) is 22.7. The Kier molecular flexibility index (Phi) is 6.20. The second-order valence-corrected chi connectivity index (χ2v) is 7.56. The summed E-state index contributed by atoms with van der Waals surface area (Å²) in [6.45, 7) is 0.286. The van der Waals surface area contributed by atoms with Gasteiger partial charge in [-0.15, -0.1) is 0 Å². The third-order valence-electron chi connectivity index (χ3n) is 4.50. The van der Waals surface area contributed by atoms with Crippen molar-refractivity contribution in [2.24, 2.45) is 4.99 Å². The number of carbonyl (C=O) groups is 1. The van der Waals surface area contributed by atoms with Crippen molar-refractivity contribution in [3.63, 3.8) is 0 Å². The van der Waals surface area contributed by atoms with Crippen LogP contribution in [0, 0.1) is 10.1 Å². The fourth-order valence-electron chi connectivity index (χ4n) is 2.98. The summed E-state index contributed by atoms with van der Waals surface area (Å²) in [6, 6.07) is 18.5. The summed E-state index contributed by atoms with van der Waals surface area (Å²) in [5, 5.41) is 11.7. The number of carbonyl (C=O) groups excluding carboxylic acids is 1. The van der Waals surface area contributed by atoms with Crippen molar-refractivity contribution in [2.45, 2.75) is 6.61 Å². The normalized spacial score (nSPS) is 14.2. The maximum absolute atomic E-state index is 12.4. The number of halogens is 2. The lowest BCUT2D eigenvalue weighted by Gasteiger charge is -2.09. The van der Waals surface area contributed by atoms with Crippen molar-refractivity contribution >= 4 is 46.8 Å². The molecule has 1 aliphatic rings. The fraction of sp³-hybridized carbons (Fsp3) is 0.0435. The van der Waals surface area contributed by atoms with E-state index >= 15 is 0 Å². The van der Waals surface area contributed by atoms with E-state index in [9.17, 15) is 14.9 Å². The largest absolute Gasteiger partial charge is 0.488 e. The smallest absolute Gasteiger partial charge is 0.363 e. The highest BCUT2D eigenvalue weighted by Gasteiger charge is 2.26. The number of nitro groups is 1. The van der Waals surface area contributed by atoms with Crippen molar-refractivity contribution in [1.29, 1.82) is 0 Å². The van der Waals surface area contributed by atoms with Crippen LogP contribution in [0.2, 0.25) is 10.0 Å². The number of para-hydroxylation sites is 1. The minimum absolute atomic E-state index is 0.0229. The third kappa shape index (κ3) is 4.80. The van der Waals surface area contributed by atoms with E-state index in [1.54, 1.807) is 30.3 Å². The third-order valence-corrected chi connectivity index (χ3v) is 5.06. The minimum atomic E-state index is -0.678.